The third-order valence-electron chi connectivity index (χ3n) is 2.83. The van der Waals surface area contributed by atoms with E-state index < -0.39 is 0 Å². The first kappa shape index (κ1) is 14.5. The van der Waals surface area contributed by atoms with Crippen molar-refractivity contribution in [3.8, 4) is 0 Å². The van der Waals surface area contributed by atoms with Crippen molar-refractivity contribution in [2.24, 2.45) is 0 Å². The molecule has 0 unspecified atom stereocenters. The Balaban J connectivity index is 2.03. The van der Waals surface area contributed by atoms with Crippen molar-refractivity contribution < 1.29 is 9.15 Å². The maximum Gasteiger partial charge on any atom is 0.320 e. The molecule has 0 amide bonds. The molecule has 0 aliphatic carbocycles. The van der Waals surface area contributed by atoms with Crippen LogP contribution in [-0.2, 0) is 17.7 Å². The summed E-state index contributed by atoms with van der Waals surface area (Å²) in [7, 11) is 1.70. The Morgan fingerprint density at radius 2 is 2.10 bits per heavy atom. The quantitative estimate of drug-likeness (QED) is 0.769. The summed E-state index contributed by atoms with van der Waals surface area (Å²) in [5.41, 5.74) is 2.11. The molecule has 2 N–H and O–H groups in total. The van der Waals surface area contributed by atoms with E-state index in [1.165, 1.54) is 0 Å². The van der Waals surface area contributed by atoms with E-state index >= 15 is 0 Å². The van der Waals surface area contributed by atoms with Crippen LogP contribution in [0.5, 0.6) is 0 Å². The fraction of sp³-hybridized carbons (Fsp3) is 0.429. The van der Waals surface area contributed by atoms with Gasteiger partial charge in [0.05, 0.1) is 13.2 Å². The number of para-hydroxylation sites is 1. The topological polar surface area (TPSA) is 72.2 Å². The van der Waals surface area contributed by atoms with E-state index in [0.717, 1.165) is 24.2 Å². The lowest BCUT2D eigenvalue weighted by molar-refractivity contribution is 0.202. The molecule has 0 bridgehead atoms. The van der Waals surface area contributed by atoms with Crippen molar-refractivity contribution >= 4 is 11.7 Å². The van der Waals surface area contributed by atoms with Crippen LogP contribution in [0.3, 0.4) is 0 Å². The maximum atomic E-state index is 5.52. The first-order valence-corrected chi connectivity index (χ1v) is 6.70. The molecular formula is C14H20N4O2. The molecule has 108 valence electrons. The van der Waals surface area contributed by atoms with Gasteiger partial charge in [0.1, 0.15) is 0 Å². The van der Waals surface area contributed by atoms with Crippen molar-refractivity contribution in [1.29, 1.82) is 0 Å². The van der Waals surface area contributed by atoms with Crippen molar-refractivity contribution in [3.63, 3.8) is 0 Å². The van der Waals surface area contributed by atoms with Gasteiger partial charge in [-0.25, -0.2) is 0 Å². The molecule has 0 fully saturated rings. The number of nitrogens with zero attached hydrogens (tertiary/aromatic N) is 2. The van der Waals surface area contributed by atoms with E-state index in [0.29, 0.717) is 25.1 Å². The molecule has 0 aliphatic rings. The summed E-state index contributed by atoms with van der Waals surface area (Å²) >= 11 is 0. The zero-order valence-electron chi connectivity index (χ0n) is 11.8. The van der Waals surface area contributed by atoms with E-state index in [2.05, 4.69) is 26.9 Å². The highest BCUT2D eigenvalue weighted by Gasteiger charge is 2.08. The van der Waals surface area contributed by atoms with Crippen molar-refractivity contribution in [1.82, 2.24) is 15.5 Å². The monoisotopic (exact) mass is 276 g/mol. The first-order chi connectivity index (χ1) is 9.83. The Morgan fingerprint density at radius 3 is 2.90 bits per heavy atom. The smallest absolute Gasteiger partial charge is 0.320 e. The molecule has 0 spiro atoms. The molecule has 20 heavy (non-hydrogen) atoms. The number of hydrogen-bond donors (Lipinski definition) is 2. The summed E-state index contributed by atoms with van der Waals surface area (Å²) in [6.45, 7) is 4.15. The third kappa shape index (κ3) is 4.04. The van der Waals surface area contributed by atoms with E-state index in [-0.39, 0.29) is 0 Å². The van der Waals surface area contributed by atoms with Crippen LogP contribution in [-0.4, -0.2) is 30.5 Å². The van der Waals surface area contributed by atoms with Crippen molar-refractivity contribution in [2.75, 3.05) is 25.6 Å². The number of benzene rings is 1. The van der Waals surface area contributed by atoms with Crippen LogP contribution in [0.1, 0.15) is 18.4 Å². The van der Waals surface area contributed by atoms with Gasteiger partial charge in [-0.3, -0.25) is 0 Å². The Labute approximate surface area is 118 Å². The van der Waals surface area contributed by atoms with Crippen LogP contribution < -0.4 is 10.6 Å². The minimum atomic E-state index is 0.405. The van der Waals surface area contributed by atoms with E-state index in [1.807, 2.05) is 25.1 Å². The van der Waals surface area contributed by atoms with Gasteiger partial charge in [0.25, 0.3) is 0 Å². The number of methoxy groups -OCH3 is 1. The lowest BCUT2D eigenvalue weighted by atomic mass is 10.1. The summed E-state index contributed by atoms with van der Waals surface area (Å²) in [6.07, 6.45) is 0.831. The van der Waals surface area contributed by atoms with Gasteiger partial charge in [0, 0.05) is 12.8 Å². The van der Waals surface area contributed by atoms with Gasteiger partial charge < -0.3 is 19.8 Å². The summed E-state index contributed by atoms with van der Waals surface area (Å²) in [5, 5.41) is 14.3. The number of rotatable bonds is 8. The normalized spacial score (nSPS) is 10.7. The largest absolute Gasteiger partial charge is 0.406 e. The maximum absolute atomic E-state index is 5.52. The van der Waals surface area contributed by atoms with Gasteiger partial charge in [-0.1, -0.05) is 30.2 Å². The van der Waals surface area contributed by atoms with Gasteiger partial charge in [-0.05, 0) is 24.6 Å². The van der Waals surface area contributed by atoms with Gasteiger partial charge in [-0.15, -0.1) is 5.10 Å². The van der Waals surface area contributed by atoms with Gasteiger partial charge in [-0.2, -0.15) is 0 Å². The average molecular weight is 276 g/mol. The van der Waals surface area contributed by atoms with Crippen LogP contribution >= 0.6 is 0 Å². The zero-order valence-corrected chi connectivity index (χ0v) is 11.8. The molecule has 2 aromatic rings. The van der Waals surface area contributed by atoms with E-state index in [4.69, 9.17) is 9.15 Å². The molecule has 6 nitrogen and oxygen atoms in total. The summed E-state index contributed by atoms with van der Waals surface area (Å²) in [5.74, 6) is 0.573. The lowest BCUT2D eigenvalue weighted by Gasteiger charge is -2.08. The fourth-order valence-corrected chi connectivity index (χ4v) is 1.79. The highest BCUT2D eigenvalue weighted by Crippen LogP contribution is 2.20. The fourth-order valence-electron chi connectivity index (χ4n) is 1.79. The second kappa shape index (κ2) is 7.62. The Morgan fingerprint density at radius 1 is 1.25 bits per heavy atom. The third-order valence-corrected chi connectivity index (χ3v) is 2.83. The predicted molar refractivity (Wildman–Crippen MR) is 77.0 cm³/mol. The van der Waals surface area contributed by atoms with Crippen LogP contribution in [0.4, 0.5) is 11.7 Å². The van der Waals surface area contributed by atoms with Crippen molar-refractivity contribution in [3.05, 3.63) is 35.7 Å². The minimum absolute atomic E-state index is 0.405. The van der Waals surface area contributed by atoms with E-state index in [1.54, 1.807) is 7.11 Å². The number of aromatic nitrogens is 2. The van der Waals surface area contributed by atoms with Crippen LogP contribution in [0.15, 0.2) is 28.7 Å². The Hall–Kier alpha value is -1.92. The minimum Gasteiger partial charge on any atom is -0.406 e. The lowest BCUT2D eigenvalue weighted by Crippen LogP contribution is -2.11. The SMILES string of the molecule is CCNCc1nnc(Nc2ccccc2CCOC)o1. The molecular weight excluding hydrogens is 256 g/mol. The van der Waals surface area contributed by atoms with Gasteiger partial charge in [0.15, 0.2) is 0 Å². The number of anilines is 2. The van der Waals surface area contributed by atoms with Gasteiger partial charge >= 0.3 is 6.01 Å². The first-order valence-electron chi connectivity index (χ1n) is 6.70. The molecule has 1 aromatic heterocycles. The molecule has 0 aliphatic heterocycles. The standard InChI is InChI=1S/C14H20N4O2/c1-3-15-10-13-17-18-14(20-13)16-12-7-5-4-6-11(12)8-9-19-2/h4-7,15H,3,8-10H2,1-2H3,(H,16,18). The molecule has 0 atom stereocenters. The predicted octanol–water partition coefficient (Wildman–Crippen LogP) is 2.11. The molecule has 6 heteroatoms. The summed E-state index contributed by atoms with van der Waals surface area (Å²) < 4.78 is 10.6. The summed E-state index contributed by atoms with van der Waals surface area (Å²) in [6, 6.07) is 8.41. The second-order valence-electron chi connectivity index (χ2n) is 4.31. The number of nitrogens with one attached hydrogen (secondary N) is 2. The second-order valence-corrected chi connectivity index (χ2v) is 4.31. The number of ether oxygens (including phenoxy) is 1. The van der Waals surface area contributed by atoms with Crippen molar-refractivity contribution in [2.45, 2.75) is 19.9 Å². The highest BCUT2D eigenvalue weighted by molar-refractivity contribution is 5.57. The summed E-state index contributed by atoms with van der Waals surface area (Å²) in [4.78, 5) is 0. The molecule has 2 rings (SSSR count). The molecule has 1 aromatic carbocycles. The number of hydrogen-bond acceptors (Lipinski definition) is 6. The van der Waals surface area contributed by atoms with Crippen LogP contribution in [0, 0.1) is 0 Å². The molecule has 1 heterocycles. The zero-order chi connectivity index (χ0) is 14.2. The molecule has 0 saturated heterocycles. The van der Waals surface area contributed by atoms with Gasteiger partial charge in [0.2, 0.25) is 5.89 Å². The average Bonchev–Trinajstić information content (AvgIpc) is 2.92. The molecule has 0 saturated carbocycles. The highest BCUT2D eigenvalue weighted by atomic mass is 16.5. The Bertz CT molecular complexity index is 527. The molecule has 0 radical (unpaired) electrons. The van der Waals surface area contributed by atoms with Crippen LogP contribution in [0.2, 0.25) is 0 Å². The van der Waals surface area contributed by atoms with Crippen LogP contribution in [0.25, 0.3) is 0 Å². The van der Waals surface area contributed by atoms with E-state index in [9.17, 15) is 0 Å². The Kier molecular flexibility index (Phi) is 5.52.